The van der Waals surface area contributed by atoms with E-state index >= 15 is 0 Å². The van der Waals surface area contributed by atoms with Gasteiger partial charge in [-0.25, -0.2) is 0 Å². The Labute approximate surface area is 102 Å². The Hall–Kier alpha value is -1.48. The van der Waals surface area contributed by atoms with Crippen LogP contribution in [0.3, 0.4) is 0 Å². The van der Waals surface area contributed by atoms with Gasteiger partial charge in [0, 0.05) is 19.5 Å². The molecule has 0 atom stereocenters. The van der Waals surface area contributed by atoms with Crippen molar-refractivity contribution in [2.45, 2.75) is 13.3 Å². The van der Waals surface area contributed by atoms with Gasteiger partial charge < -0.3 is 14.4 Å². The van der Waals surface area contributed by atoms with E-state index in [1.54, 1.807) is 0 Å². The highest BCUT2D eigenvalue weighted by molar-refractivity contribution is 5.40. The molecule has 90 valence electrons. The number of rotatable bonds is 1. The zero-order valence-corrected chi connectivity index (χ0v) is 10.1. The lowest BCUT2D eigenvalue weighted by atomic mass is 10.0. The Kier molecular flexibility index (Phi) is 2.77. The third-order valence-electron chi connectivity index (χ3n) is 3.30. The highest BCUT2D eigenvalue weighted by Gasteiger charge is 2.22. The number of para-hydroxylation sites is 1. The molecule has 0 spiro atoms. The summed E-state index contributed by atoms with van der Waals surface area (Å²) in [5.74, 6) is 2.03. The van der Waals surface area contributed by atoms with Crippen LogP contribution in [0.5, 0.6) is 5.75 Å². The van der Waals surface area contributed by atoms with Crippen LogP contribution in [0.2, 0.25) is 0 Å². The Morgan fingerprint density at radius 1 is 1.12 bits per heavy atom. The largest absolute Gasteiger partial charge is 0.441 e. The van der Waals surface area contributed by atoms with Crippen molar-refractivity contribution in [2.75, 3.05) is 26.3 Å². The molecule has 3 heteroatoms. The topological polar surface area (TPSA) is 21.7 Å². The molecule has 17 heavy (non-hydrogen) atoms. The fraction of sp³-hybridized carbons (Fsp3) is 0.429. The second-order valence-corrected chi connectivity index (χ2v) is 4.57. The van der Waals surface area contributed by atoms with Crippen LogP contribution in [0.1, 0.15) is 12.5 Å². The summed E-state index contributed by atoms with van der Waals surface area (Å²) in [5, 5.41) is 0. The molecule has 2 aliphatic rings. The first-order chi connectivity index (χ1) is 8.34. The lowest BCUT2D eigenvalue weighted by Gasteiger charge is -2.34. The van der Waals surface area contributed by atoms with Crippen LogP contribution in [-0.2, 0) is 11.2 Å². The molecule has 1 aromatic rings. The maximum atomic E-state index is 6.03. The molecule has 0 radical (unpaired) electrons. The van der Waals surface area contributed by atoms with Crippen LogP contribution in [0.25, 0.3) is 0 Å². The van der Waals surface area contributed by atoms with Gasteiger partial charge in [0.15, 0.2) is 5.88 Å². The number of allylic oxidation sites excluding steroid dienone is 1. The number of nitrogens with zero attached hydrogens (tertiary/aromatic N) is 1. The zero-order chi connectivity index (χ0) is 11.7. The maximum absolute atomic E-state index is 6.03. The van der Waals surface area contributed by atoms with E-state index in [0.29, 0.717) is 0 Å². The number of morpholine rings is 1. The van der Waals surface area contributed by atoms with Gasteiger partial charge in [0.25, 0.3) is 0 Å². The summed E-state index contributed by atoms with van der Waals surface area (Å²) in [4.78, 5) is 2.29. The number of fused-ring (bicyclic) bond motifs is 1. The van der Waals surface area contributed by atoms with Crippen molar-refractivity contribution < 1.29 is 9.47 Å². The second kappa shape index (κ2) is 4.41. The molecule has 1 saturated heterocycles. The Bertz CT molecular complexity index is 447. The van der Waals surface area contributed by atoms with Gasteiger partial charge in [-0.15, -0.1) is 0 Å². The minimum Gasteiger partial charge on any atom is -0.441 e. The van der Waals surface area contributed by atoms with Gasteiger partial charge in [0.05, 0.1) is 13.2 Å². The highest BCUT2D eigenvalue weighted by Crippen LogP contribution is 2.31. The molecule has 0 bridgehead atoms. The van der Waals surface area contributed by atoms with Crippen LogP contribution in [0, 0.1) is 0 Å². The van der Waals surface area contributed by atoms with Gasteiger partial charge >= 0.3 is 0 Å². The monoisotopic (exact) mass is 231 g/mol. The van der Waals surface area contributed by atoms with Gasteiger partial charge in [-0.1, -0.05) is 18.2 Å². The van der Waals surface area contributed by atoms with E-state index in [0.717, 1.165) is 44.4 Å². The van der Waals surface area contributed by atoms with Crippen LogP contribution in [-0.4, -0.2) is 31.2 Å². The van der Waals surface area contributed by atoms with Crippen LogP contribution < -0.4 is 4.74 Å². The number of hydrogen-bond donors (Lipinski definition) is 0. The fourth-order valence-corrected chi connectivity index (χ4v) is 2.40. The summed E-state index contributed by atoms with van der Waals surface area (Å²) in [6.07, 6.45) is 0.989. The van der Waals surface area contributed by atoms with Gasteiger partial charge in [0.1, 0.15) is 5.75 Å². The van der Waals surface area contributed by atoms with E-state index < -0.39 is 0 Å². The Balaban J connectivity index is 1.86. The summed E-state index contributed by atoms with van der Waals surface area (Å²) in [6, 6.07) is 8.27. The van der Waals surface area contributed by atoms with Crippen molar-refractivity contribution in [3.05, 3.63) is 41.3 Å². The summed E-state index contributed by atoms with van der Waals surface area (Å²) in [7, 11) is 0. The fourth-order valence-electron chi connectivity index (χ4n) is 2.40. The van der Waals surface area contributed by atoms with E-state index in [1.807, 2.05) is 12.1 Å². The van der Waals surface area contributed by atoms with Crippen LogP contribution >= 0.6 is 0 Å². The molecule has 0 amide bonds. The third-order valence-corrected chi connectivity index (χ3v) is 3.30. The number of ether oxygens (including phenoxy) is 2. The summed E-state index contributed by atoms with van der Waals surface area (Å²) >= 11 is 0. The molecule has 3 rings (SSSR count). The normalized spacial score (nSPS) is 19.9. The molecule has 0 aromatic heterocycles. The van der Waals surface area contributed by atoms with Gasteiger partial charge in [-0.3, -0.25) is 0 Å². The SMILES string of the molecule is CC1=C(N2CCOCC2)Oc2ccccc2C1. The van der Waals surface area contributed by atoms with Gasteiger partial charge in [0.2, 0.25) is 0 Å². The average molecular weight is 231 g/mol. The van der Waals surface area contributed by atoms with E-state index in [2.05, 4.69) is 24.0 Å². The quantitative estimate of drug-likeness (QED) is 0.739. The third kappa shape index (κ3) is 2.03. The van der Waals surface area contributed by atoms with Crippen LogP contribution in [0.4, 0.5) is 0 Å². The molecule has 0 unspecified atom stereocenters. The van der Waals surface area contributed by atoms with Crippen LogP contribution in [0.15, 0.2) is 35.7 Å². The molecular weight excluding hydrogens is 214 g/mol. The number of hydrogen-bond acceptors (Lipinski definition) is 3. The van der Waals surface area contributed by atoms with E-state index in [-0.39, 0.29) is 0 Å². The van der Waals surface area contributed by atoms with E-state index in [9.17, 15) is 0 Å². The average Bonchev–Trinajstić information content (AvgIpc) is 2.39. The van der Waals surface area contributed by atoms with Gasteiger partial charge in [-0.2, -0.15) is 0 Å². The predicted octanol–water partition coefficient (Wildman–Crippen LogP) is 2.19. The van der Waals surface area contributed by atoms with Crippen molar-refractivity contribution in [1.82, 2.24) is 4.90 Å². The minimum absolute atomic E-state index is 0.793. The standard InChI is InChI=1S/C14H17NO2/c1-11-10-12-4-2-3-5-13(12)17-14(11)15-6-8-16-9-7-15/h2-5H,6-10H2,1H3. The molecule has 3 nitrogen and oxygen atoms in total. The molecular formula is C14H17NO2. The summed E-state index contributed by atoms with van der Waals surface area (Å²) < 4.78 is 11.4. The Morgan fingerprint density at radius 2 is 1.88 bits per heavy atom. The summed E-state index contributed by atoms with van der Waals surface area (Å²) in [6.45, 7) is 5.59. The lowest BCUT2D eigenvalue weighted by molar-refractivity contribution is 0.0329. The first-order valence-electron chi connectivity index (χ1n) is 6.13. The Morgan fingerprint density at radius 3 is 2.71 bits per heavy atom. The van der Waals surface area contributed by atoms with Gasteiger partial charge in [-0.05, 0) is 24.1 Å². The molecule has 2 heterocycles. The maximum Gasteiger partial charge on any atom is 0.195 e. The first kappa shape index (κ1) is 10.7. The lowest BCUT2D eigenvalue weighted by Crippen LogP contribution is -2.38. The summed E-state index contributed by atoms with van der Waals surface area (Å²) in [5.41, 5.74) is 2.59. The predicted molar refractivity (Wildman–Crippen MR) is 65.9 cm³/mol. The smallest absolute Gasteiger partial charge is 0.195 e. The zero-order valence-electron chi connectivity index (χ0n) is 10.1. The van der Waals surface area contributed by atoms with Crippen molar-refractivity contribution in [1.29, 1.82) is 0 Å². The second-order valence-electron chi connectivity index (χ2n) is 4.57. The molecule has 1 aromatic carbocycles. The molecule has 0 saturated carbocycles. The van der Waals surface area contributed by atoms with E-state index in [4.69, 9.17) is 9.47 Å². The van der Waals surface area contributed by atoms with Crippen molar-refractivity contribution in [3.63, 3.8) is 0 Å². The first-order valence-corrected chi connectivity index (χ1v) is 6.13. The number of benzene rings is 1. The molecule has 2 aliphatic heterocycles. The molecule has 0 aliphatic carbocycles. The molecule has 1 fully saturated rings. The minimum atomic E-state index is 0.793. The van der Waals surface area contributed by atoms with Crippen molar-refractivity contribution in [3.8, 4) is 5.75 Å². The molecule has 0 N–H and O–H groups in total. The van der Waals surface area contributed by atoms with E-state index in [1.165, 1.54) is 11.1 Å². The van der Waals surface area contributed by atoms with Crippen molar-refractivity contribution >= 4 is 0 Å². The highest BCUT2D eigenvalue weighted by atomic mass is 16.5. The van der Waals surface area contributed by atoms with Crippen molar-refractivity contribution in [2.24, 2.45) is 0 Å².